The first-order chi connectivity index (χ1) is 6.83. The molecule has 0 spiro atoms. The first-order valence-corrected chi connectivity index (χ1v) is 5.04. The van der Waals surface area contributed by atoms with Crippen LogP contribution < -0.4 is 0 Å². The van der Waals surface area contributed by atoms with Gasteiger partial charge in [0, 0.05) is 14.5 Å². The van der Waals surface area contributed by atoms with Gasteiger partial charge in [-0.25, -0.2) is 4.79 Å². The van der Waals surface area contributed by atoms with E-state index in [4.69, 9.17) is 4.42 Å². The molecule has 4 heteroatoms. The minimum absolute atomic E-state index is 0.205. The van der Waals surface area contributed by atoms with Gasteiger partial charge in [0.25, 0.3) is 0 Å². The maximum Gasteiger partial charge on any atom is 0.417 e. The summed E-state index contributed by atoms with van der Waals surface area (Å²) in [6.07, 6.45) is 1.60. The van der Waals surface area contributed by atoms with Gasteiger partial charge in [0.05, 0.1) is 6.26 Å². The average molecular weight is 301 g/mol. The Hall–Kier alpha value is -1.04. The van der Waals surface area contributed by atoms with Crippen LogP contribution in [0.1, 0.15) is 5.56 Å². The first-order valence-electron chi connectivity index (χ1n) is 3.96. The Labute approximate surface area is 94.2 Å². The van der Waals surface area contributed by atoms with E-state index in [1.807, 2.05) is 18.2 Å². The van der Waals surface area contributed by atoms with Gasteiger partial charge < -0.3 is 9.15 Å². The van der Waals surface area contributed by atoms with E-state index in [2.05, 4.69) is 27.3 Å². The van der Waals surface area contributed by atoms with Crippen LogP contribution in [0.5, 0.6) is 0 Å². The number of fused-ring (bicyclic) bond motifs is 1. The number of furan rings is 1. The van der Waals surface area contributed by atoms with Gasteiger partial charge in [0.1, 0.15) is 12.2 Å². The number of carbonyl (C=O) groups excluding carboxylic acids is 1. The number of rotatable bonds is 3. The van der Waals surface area contributed by atoms with Gasteiger partial charge in [-0.1, -0.05) is 6.07 Å². The summed E-state index contributed by atoms with van der Waals surface area (Å²) in [6.45, 7) is 1.60. The molecule has 0 bridgehead atoms. The molecule has 0 aliphatic carbocycles. The largest absolute Gasteiger partial charge is 0.464 e. The third-order valence-electron chi connectivity index (χ3n) is 1.91. The van der Waals surface area contributed by atoms with Crippen LogP contribution in [0.3, 0.4) is 0 Å². The molecule has 3 nitrogen and oxygen atoms in total. The van der Waals surface area contributed by atoms with Crippen molar-refractivity contribution in [3.63, 3.8) is 0 Å². The van der Waals surface area contributed by atoms with Crippen LogP contribution in [0.4, 0.5) is 0 Å². The van der Waals surface area contributed by atoms with E-state index in [-0.39, 0.29) is 6.61 Å². The van der Waals surface area contributed by atoms with Crippen LogP contribution in [0.2, 0.25) is 0 Å². The van der Waals surface area contributed by atoms with Gasteiger partial charge >= 0.3 is 6.47 Å². The van der Waals surface area contributed by atoms with Crippen molar-refractivity contribution in [2.24, 2.45) is 0 Å². The Morgan fingerprint density at radius 1 is 1.50 bits per heavy atom. The molecule has 71 valence electrons. The summed E-state index contributed by atoms with van der Waals surface area (Å²) in [6, 6.07) is 5.78. The number of halogens is 1. The number of ether oxygens (including phenoxy) is 1. The minimum Gasteiger partial charge on any atom is -0.464 e. The first kappa shape index (κ1) is 9.51. The van der Waals surface area contributed by atoms with Crippen molar-refractivity contribution in [3.8, 4) is 0 Å². The summed E-state index contributed by atoms with van der Waals surface area (Å²) >= 11 is 2.22. The van der Waals surface area contributed by atoms with E-state index in [9.17, 15) is 4.79 Å². The lowest BCUT2D eigenvalue weighted by Crippen LogP contribution is -1.88. The standard InChI is InChI=1S/C10H6IO3/c11-8-2-1-3-9-10(8)7(5-14-9)4-13-6-12/h1-3,5H,4H2. The quantitative estimate of drug-likeness (QED) is 0.818. The highest BCUT2D eigenvalue weighted by Gasteiger charge is 2.08. The molecule has 0 aliphatic heterocycles. The van der Waals surface area contributed by atoms with Crippen LogP contribution in [0.25, 0.3) is 11.0 Å². The normalized spacial score (nSPS) is 10.4. The van der Waals surface area contributed by atoms with Crippen LogP contribution in [0, 0.1) is 3.57 Å². The zero-order chi connectivity index (χ0) is 9.97. The third-order valence-corrected chi connectivity index (χ3v) is 2.81. The van der Waals surface area contributed by atoms with Crippen LogP contribution in [-0.4, -0.2) is 6.47 Å². The summed E-state index contributed by atoms with van der Waals surface area (Å²) in [5.74, 6) is 0. The van der Waals surface area contributed by atoms with Crippen molar-refractivity contribution < 1.29 is 13.9 Å². The molecule has 1 aromatic carbocycles. The molecule has 0 saturated carbocycles. The zero-order valence-electron chi connectivity index (χ0n) is 7.12. The number of hydrogen-bond donors (Lipinski definition) is 0. The van der Waals surface area contributed by atoms with Crippen LogP contribution in [0.15, 0.2) is 28.9 Å². The van der Waals surface area contributed by atoms with Crippen molar-refractivity contribution in [2.45, 2.75) is 6.61 Å². The molecule has 1 aromatic heterocycles. The van der Waals surface area contributed by atoms with Gasteiger partial charge in [-0.15, -0.1) is 0 Å². The lowest BCUT2D eigenvalue weighted by atomic mass is 10.2. The lowest BCUT2D eigenvalue weighted by molar-refractivity contribution is 0.267. The predicted octanol–water partition coefficient (Wildman–Crippen LogP) is 2.62. The highest BCUT2D eigenvalue weighted by Crippen LogP contribution is 2.26. The molecule has 0 saturated heterocycles. The van der Waals surface area contributed by atoms with E-state index in [1.54, 1.807) is 6.26 Å². The fourth-order valence-electron chi connectivity index (χ4n) is 1.32. The molecule has 1 radical (unpaired) electrons. The Kier molecular flexibility index (Phi) is 2.72. The van der Waals surface area contributed by atoms with Crippen LogP contribution in [-0.2, 0) is 16.1 Å². The monoisotopic (exact) mass is 301 g/mol. The Morgan fingerprint density at radius 3 is 3.14 bits per heavy atom. The topological polar surface area (TPSA) is 39.4 Å². The van der Waals surface area contributed by atoms with Crippen molar-refractivity contribution in [2.75, 3.05) is 0 Å². The van der Waals surface area contributed by atoms with Crippen molar-refractivity contribution >= 4 is 40.0 Å². The molecule has 0 unspecified atom stereocenters. The Morgan fingerprint density at radius 2 is 2.36 bits per heavy atom. The van der Waals surface area contributed by atoms with Gasteiger partial charge in [-0.2, -0.15) is 0 Å². The summed E-state index contributed by atoms with van der Waals surface area (Å²) in [4.78, 5) is 9.94. The van der Waals surface area contributed by atoms with Gasteiger partial charge in [-0.05, 0) is 34.7 Å². The second-order valence-corrected chi connectivity index (χ2v) is 3.91. The average Bonchev–Trinajstić information content (AvgIpc) is 2.59. The summed E-state index contributed by atoms with van der Waals surface area (Å²) in [5, 5.41) is 1.00. The fourth-order valence-corrected chi connectivity index (χ4v) is 2.14. The molecule has 0 atom stereocenters. The predicted molar refractivity (Wildman–Crippen MR) is 59.4 cm³/mol. The maximum atomic E-state index is 9.94. The molecule has 0 amide bonds. The molecule has 14 heavy (non-hydrogen) atoms. The number of hydrogen-bond acceptors (Lipinski definition) is 3. The Bertz CT molecular complexity index is 461. The second kappa shape index (κ2) is 4.00. The molecular formula is C10H6IO3. The summed E-state index contributed by atoms with van der Waals surface area (Å²) in [7, 11) is 0. The van der Waals surface area contributed by atoms with E-state index in [1.165, 1.54) is 6.47 Å². The van der Waals surface area contributed by atoms with E-state index >= 15 is 0 Å². The second-order valence-electron chi connectivity index (χ2n) is 2.75. The van der Waals surface area contributed by atoms with Gasteiger partial charge in [0.2, 0.25) is 0 Å². The zero-order valence-corrected chi connectivity index (χ0v) is 9.28. The van der Waals surface area contributed by atoms with Crippen LogP contribution >= 0.6 is 22.6 Å². The highest BCUT2D eigenvalue weighted by molar-refractivity contribution is 14.1. The maximum absolute atomic E-state index is 9.94. The van der Waals surface area contributed by atoms with Crippen molar-refractivity contribution in [1.82, 2.24) is 0 Å². The van der Waals surface area contributed by atoms with Crippen molar-refractivity contribution in [1.29, 1.82) is 0 Å². The third kappa shape index (κ3) is 1.61. The van der Waals surface area contributed by atoms with Crippen molar-refractivity contribution in [3.05, 3.63) is 33.6 Å². The smallest absolute Gasteiger partial charge is 0.417 e. The fraction of sp³-hybridized carbons (Fsp3) is 0.100. The molecule has 2 aromatic rings. The minimum atomic E-state index is 0.205. The molecule has 1 heterocycles. The molecule has 2 rings (SSSR count). The van der Waals surface area contributed by atoms with Gasteiger partial charge in [-0.3, -0.25) is 0 Å². The Balaban J connectivity index is 2.50. The van der Waals surface area contributed by atoms with E-state index in [0.717, 1.165) is 20.1 Å². The highest BCUT2D eigenvalue weighted by atomic mass is 127. The van der Waals surface area contributed by atoms with Gasteiger partial charge in [0.15, 0.2) is 0 Å². The lowest BCUT2D eigenvalue weighted by Gasteiger charge is -1.96. The summed E-state index contributed by atoms with van der Waals surface area (Å²) in [5.41, 5.74) is 1.68. The van der Waals surface area contributed by atoms with E-state index in [0.29, 0.717) is 0 Å². The summed E-state index contributed by atoms with van der Waals surface area (Å²) < 4.78 is 11.0. The SMILES string of the molecule is O=[C]OCc1coc2cccc(I)c12. The molecular weight excluding hydrogens is 295 g/mol. The molecule has 0 fully saturated rings. The molecule has 0 aliphatic rings. The van der Waals surface area contributed by atoms with E-state index < -0.39 is 0 Å². The number of benzene rings is 1. The molecule has 0 N–H and O–H groups in total.